The number of carbonyl (C=O) groups excluding carboxylic acids is 3. The van der Waals surface area contributed by atoms with Gasteiger partial charge in [-0.1, -0.05) is 12.8 Å². The van der Waals surface area contributed by atoms with Crippen LogP contribution >= 0.6 is 0 Å². The molecule has 10 heteroatoms. The second-order valence-electron chi connectivity index (χ2n) is 7.10. The molecule has 1 fully saturated rings. The summed E-state index contributed by atoms with van der Waals surface area (Å²) in [5, 5.41) is 4.51. The molecule has 0 aromatic heterocycles. The average Bonchev–Trinajstić information content (AvgIpc) is 2.95. The number of urea groups is 1. The molecule has 3 amide bonds. The van der Waals surface area contributed by atoms with Gasteiger partial charge in [0.1, 0.15) is 0 Å². The Bertz CT molecular complexity index is 828. The van der Waals surface area contributed by atoms with Crippen molar-refractivity contribution in [3.8, 4) is 0 Å². The van der Waals surface area contributed by atoms with E-state index in [1.807, 2.05) is 5.32 Å². The normalized spacial score (nSPS) is 15.4. The fourth-order valence-corrected chi connectivity index (χ4v) is 4.39. The standard InChI is InChI=1S/C19H27N3O6S/c1-14(2)20-19(25)21-17(23)13-28-18(24)15-7-9-16(10-8-15)29(26,27)22-11-5-3-4-6-12-22/h7-10,14H,3-6,11-13H2,1-2H3,(H2,20,21,23,25). The molecule has 2 rings (SSSR count). The van der Waals surface area contributed by atoms with E-state index in [-0.39, 0.29) is 16.5 Å². The van der Waals surface area contributed by atoms with E-state index in [0.29, 0.717) is 13.1 Å². The summed E-state index contributed by atoms with van der Waals surface area (Å²) in [6.45, 7) is 3.83. The first-order valence-corrected chi connectivity index (χ1v) is 11.0. The minimum absolute atomic E-state index is 0.110. The van der Waals surface area contributed by atoms with Gasteiger partial charge in [-0.05, 0) is 51.0 Å². The van der Waals surface area contributed by atoms with Crippen molar-refractivity contribution in [1.82, 2.24) is 14.9 Å². The number of ether oxygens (including phenoxy) is 1. The molecule has 0 radical (unpaired) electrons. The summed E-state index contributed by atoms with van der Waals surface area (Å²) in [5.41, 5.74) is 0.110. The molecule has 2 N–H and O–H groups in total. The Hall–Kier alpha value is -2.46. The van der Waals surface area contributed by atoms with Crippen molar-refractivity contribution in [2.45, 2.75) is 50.5 Å². The average molecular weight is 426 g/mol. The monoisotopic (exact) mass is 425 g/mol. The minimum atomic E-state index is -3.60. The van der Waals surface area contributed by atoms with Gasteiger partial charge in [0.25, 0.3) is 5.91 Å². The fraction of sp³-hybridized carbons (Fsp3) is 0.526. The molecule has 1 saturated heterocycles. The highest BCUT2D eigenvalue weighted by Crippen LogP contribution is 2.20. The van der Waals surface area contributed by atoms with E-state index >= 15 is 0 Å². The van der Waals surface area contributed by atoms with Crippen molar-refractivity contribution in [2.75, 3.05) is 19.7 Å². The Kier molecular flexibility index (Phi) is 8.15. The summed E-state index contributed by atoms with van der Waals surface area (Å²) >= 11 is 0. The molecule has 1 aromatic rings. The van der Waals surface area contributed by atoms with Gasteiger partial charge in [-0.3, -0.25) is 10.1 Å². The lowest BCUT2D eigenvalue weighted by Crippen LogP contribution is -2.44. The van der Waals surface area contributed by atoms with E-state index in [0.717, 1.165) is 25.7 Å². The Morgan fingerprint density at radius 2 is 1.62 bits per heavy atom. The number of nitrogens with one attached hydrogen (secondary N) is 2. The molecule has 0 atom stereocenters. The highest BCUT2D eigenvalue weighted by Gasteiger charge is 2.25. The molecule has 0 aliphatic carbocycles. The molecule has 0 bridgehead atoms. The van der Waals surface area contributed by atoms with Crippen molar-refractivity contribution in [1.29, 1.82) is 0 Å². The van der Waals surface area contributed by atoms with Crippen LogP contribution < -0.4 is 10.6 Å². The van der Waals surface area contributed by atoms with Gasteiger partial charge >= 0.3 is 12.0 Å². The van der Waals surface area contributed by atoms with Crippen LogP contribution in [0.3, 0.4) is 0 Å². The van der Waals surface area contributed by atoms with E-state index in [2.05, 4.69) is 5.32 Å². The summed E-state index contributed by atoms with van der Waals surface area (Å²) in [6.07, 6.45) is 3.70. The smallest absolute Gasteiger partial charge is 0.338 e. The second kappa shape index (κ2) is 10.4. The number of benzene rings is 1. The highest BCUT2D eigenvalue weighted by atomic mass is 32.2. The third-order valence-corrected chi connectivity index (χ3v) is 6.21. The van der Waals surface area contributed by atoms with E-state index < -0.39 is 34.5 Å². The van der Waals surface area contributed by atoms with Gasteiger partial charge in [0.15, 0.2) is 6.61 Å². The third-order valence-electron chi connectivity index (χ3n) is 4.30. The van der Waals surface area contributed by atoms with Crippen LogP contribution in [0.1, 0.15) is 49.9 Å². The number of esters is 1. The summed E-state index contributed by atoms with van der Waals surface area (Å²) < 4.78 is 31.8. The Morgan fingerprint density at radius 3 is 2.17 bits per heavy atom. The van der Waals surface area contributed by atoms with Gasteiger partial charge in [0, 0.05) is 19.1 Å². The first kappa shape index (κ1) is 22.8. The quantitative estimate of drug-likeness (QED) is 0.668. The van der Waals surface area contributed by atoms with Crippen molar-refractivity contribution in [3.05, 3.63) is 29.8 Å². The molecule has 29 heavy (non-hydrogen) atoms. The zero-order valence-corrected chi connectivity index (χ0v) is 17.5. The molecule has 1 aliphatic heterocycles. The molecular weight excluding hydrogens is 398 g/mol. The van der Waals surface area contributed by atoms with E-state index in [4.69, 9.17) is 4.74 Å². The molecule has 0 saturated carbocycles. The lowest BCUT2D eigenvalue weighted by atomic mass is 10.2. The largest absolute Gasteiger partial charge is 0.452 e. The maximum atomic E-state index is 12.7. The molecule has 0 spiro atoms. The predicted molar refractivity (Wildman–Crippen MR) is 106 cm³/mol. The molecule has 9 nitrogen and oxygen atoms in total. The maximum absolute atomic E-state index is 12.7. The highest BCUT2D eigenvalue weighted by molar-refractivity contribution is 7.89. The summed E-state index contributed by atoms with van der Waals surface area (Å²) in [4.78, 5) is 35.2. The van der Waals surface area contributed by atoms with Crippen molar-refractivity contribution < 1.29 is 27.5 Å². The number of hydrogen-bond acceptors (Lipinski definition) is 6. The zero-order chi connectivity index (χ0) is 21.4. The van der Waals surface area contributed by atoms with Crippen LogP contribution in [0.15, 0.2) is 29.2 Å². The SMILES string of the molecule is CC(C)NC(=O)NC(=O)COC(=O)c1ccc(S(=O)(=O)N2CCCCCC2)cc1. The lowest BCUT2D eigenvalue weighted by molar-refractivity contribution is -0.123. The Morgan fingerprint density at radius 1 is 1.03 bits per heavy atom. The van der Waals surface area contributed by atoms with Crippen LogP contribution in [0, 0.1) is 0 Å². The van der Waals surface area contributed by atoms with Crippen molar-refractivity contribution >= 4 is 27.9 Å². The van der Waals surface area contributed by atoms with Crippen molar-refractivity contribution in [2.24, 2.45) is 0 Å². The topological polar surface area (TPSA) is 122 Å². The summed E-state index contributed by atoms with van der Waals surface area (Å²) in [5.74, 6) is -1.56. The molecule has 1 aliphatic rings. The van der Waals surface area contributed by atoms with Crippen LogP contribution in [0.5, 0.6) is 0 Å². The van der Waals surface area contributed by atoms with Crippen LogP contribution in [-0.4, -0.2) is 56.4 Å². The van der Waals surface area contributed by atoms with Gasteiger partial charge in [0.05, 0.1) is 10.5 Å². The predicted octanol–water partition coefficient (Wildman–Crippen LogP) is 1.64. The zero-order valence-electron chi connectivity index (χ0n) is 16.6. The summed E-state index contributed by atoms with van der Waals surface area (Å²) in [6, 6.07) is 4.57. The molecular formula is C19H27N3O6S. The van der Waals surface area contributed by atoms with Crippen LogP contribution in [0.25, 0.3) is 0 Å². The molecule has 0 unspecified atom stereocenters. The van der Waals surface area contributed by atoms with Crippen LogP contribution in [0.4, 0.5) is 4.79 Å². The number of hydrogen-bond donors (Lipinski definition) is 2. The first-order valence-electron chi connectivity index (χ1n) is 9.58. The minimum Gasteiger partial charge on any atom is -0.452 e. The first-order chi connectivity index (χ1) is 13.7. The number of rotatable bonds is 6. The summed E-state index contributed by atoms with van der Waals surface area (Å²) in [7, 11) is -3.60. The Balaban J connectivity index is 1.92. The number of carbonyl (C=O) groups is 3. The number of nitrogens with zero attached hydrogens (tertiary/aromatic N) is 1. The van der Waals surface area contributed by atoms with E-state index in [1.54, 1.807) is 13.8 Å². The number of sulfonamides is 1. The van der Waals surface area contributed by atoms with Gasteiger partial charge < -0.3 is 10.1 Å². The van der Waals surface area contributed by atoms with Gasteiger partial charge in [-0.15, -0.1) is 0 Å². The van der Waals surface area contributed by atoms with E-state index in [1.165, 1.54) is 28.6 Å². The van der Waals surface area contributed by atoms with Gasteiger partial charge in [0.2, 0.25) is 10.0 Å². The number of amides is 3. The number of imide groups is 1. The maximum Gasteiger partial charge on any atom is 0.338 e. The molecule has 160 valence electrons. The van der Waals surface area contributed by atoms with Crippen LogP contribution in [0.2, 0.25) is 0 Å². The fourth-order valence-electron chi connectivity index (χ4n) is 2.87. The van der Waals surface area contributed by atoms with Gasteiger partial charge in [-0.25, -0.2) is 18.0 Å². The third kappa shape index (κ3) is 6.82. The van der Waals surface area contributed by atoms with E-state index in [9.17, 15) is 22.8 Å². The Labute approximate surface area is 170 Å². The molecule has 1 heterocycles. The second-order valence-corrected chi connectivity index (χ2v) is 9.03. The van der Waals surface area contributed by atoms with Crippen LogP contribution in [-0.2, 0) is 19.6 Å². The van der Waals surface area contributed by atoms with Crippen molar-refractivity contribution in [3.63, 3.8) is 0 Å². The van der Waals surface area contributed by atoms with Gasteiger partial charge in [-0.2, -0.15) is 4.31 Å². The molecule has 1 aromatic carbocycles. The lowest BCUT2D eigenvalue weighted by Gasteiger charge is -2.19.